The second kappa shape index (κ2) is 8.73. The zero-order chi connectivity index (χ0) is 19.2. The lowest BCUT2D eigenvalue weighted by atomic mass is 10.0. The van der Waals surface area contributed by atoms with Crippen molar-refractivity contribution < 1.29 is 19.0 Å². The van der Waals surface area contributed by atoms with E-state index in [2.05, 4.69) is 10.2 Å². The number of nitrogens with zero attached hydrogens (tertiary/aromatic N) is 1. The zero-order valence-electron chi connectivity index (χ0n) is 15.9. The van der Waals surface area contributed by atoms with Gasteiger partial charge >= 0.3 is 0 Å². The first-order valence-electron chi connectivity index (χ1n) is 9.78. The Morgan fingerprint density at radius 3 is 2.36 bits per heavy atom. The summed E-state index contributed by atoms with van der Waals surface area (Å²) in [7, 11) is 0. The molecule has 0 aromatic heterocycles. The van der Waals surface area contributed by atoms with Crippen molar-refractivity contribution in [3.63, 3.8) is 0 Å². The van der Waals surface area contributed by atoms with E-state index < -0.39 is 5.79 Å². The maximum atomic E-state index is 12.3. The molecule has 0 unspecified atom stereocenters. The molecule has 2 aliphatic rings. The second-order valence-corrected chi connectivity index (χ2v) is 7.23. The van der Waals surface area contributed by atoms with Gasteiger partial charge in [-0.2, -0.15) is 0 Å². The molecule has 1 N–H and O–H groups in total. The fourth-order valence-electron chi connectivity index (χ4n) is 3.62. The quantitative estimate of drug-likeness (QED) is 0.832. The summed E-state index contributed by atoms with van der Waals surface area (Å²) < 4.78 is 17.2. The van der Waals surface area contributed by atoms with Crippen molar-refractivity contribution in [1.82, 2.24) is 4.90 Å². The molecule has 0 saturated carbocycles. The Kier molecular flexibility index (Phi) is 5.90. The molecule has 6 nitrogen and oxygen atoms in total. The van der Waals surface area contributed by atoms with E-state index in [-0.39, 0.29) is 5.91 Å². The van der Waals surface area contributed by atoms with Crippen molar-refractivity contribution in [3.05, 3.63) is 60.2 Å². The number of ether oxygens (including phenoxy) is 3. The first kappa shape index (κ1) is 18.9. The van der Waals surface area contributed by atoms with Crippen LogP contribution in [0.25, 0.3) is 0 Å². The molecule has 2 saturated heterocycles. The largest absolute Gasteiger partial charge is 0.489 e. The Hall–Kier alpha value is -2.41. The molecule has 0 atom stereocenters. The van der Waals surface area contributed by atoms with E-state index in [1.165, 1.54) is 0 Å². The highest BCUT2D eigenvalue weighted by molar-refractivity contribution is 5.92. The van der Waals surface area contributed by atoms with Crippen molar-refractivity contribution >= 4 is 11.6 Å². The molecule has 0 aliphatic carbocycles. The number of anilines is 1. The Balaban J connectivity index is 1.21. The Morgan fingerprint density at radius 2 is 1.68 bits per heavy atom. The van der Waals surface area contributed by atoms with Gasteiger partial charge in [0, 0.05) is 31.6 Å². The summed E-state index contributed by atoms with van der Waals surface area (Å²) in [5.41, 5.74) is 1.89. The average molecular weight is 382 g/mol. The van der Waals surface area contributed by atoms with Gasteiger partial charge in [0.25, 0.3) is 0 Å². The summed E-state index contributed by atoms with van der Waals surface area (Å²) in [6.07, 6.45) is 1.63. The lowest BCUT2D eigenvalue weighted by molar-refractivity contribution is -0.185. The molecule has 1 amide bonds. The summed E-state index contributed by atoms with van der Waals surface area (Å²) >= 11 is 0. The standard InChI is InChI=1S/C22H26N2O4/c25-21(16-24-12-10-22(11-13-24)27-14-15-28-22)23-19-6-8-20(9-7-19)26-17-18-4-2-1-3-5-18/h1-9H,10-17H2,(H,23,25). The van der Waals surface area contributed by atoms with E-state index in [0.29, 0.717) is 26.4 Å². The Morgan fingerprint density at radius 1 is 1.00 bits per heavy atom. The van der Waals surface area contributed by atoms with Gasteiger partial charge in [-0.1, -0.05) is 30.3 Å². The normalized spacial score (nSPS) is 18.9. The molecule has 2 aromatic carbocycles. The fourth-order valence-corrected chi connectivity index (χ4v) is 3.62. The van der Waals surface area contributed by atoms with Crippen LogP contribution in [0.3, 0.4) is 0 Å². The van der Waals surface area contributed by atoms with Crippen LogP contribution in [0.2, 0.25) is 0 Å². The summed E-state index contributed by atoms with van der Waals surface area (Å²) in [5, 5.41) is 2.95. The monoisotopic (exact) mass is 382 g/mol. The average Bonchev–Trinajstić information content (AvgIpc) is 3.18. The van der Waals surface area contributed by atoms with Crippen molar-refractivity contribution in [2.75, 3.05) is 38.2 Å². The fraction of sp³-hybridized carbons (Fsp3) is 0.409. The van der Waals surface area contributed by atoms with Crippen LogP contribution < -0.4 is 10.1 Å². The maximum absolute atomic E-state index is 12.3. The van der Waals surface area contributed by atoms with Crippen LogP contribution in [0, 0.1) is 0 Å². The van der Waals surface area contributed by atoms with Crippen molar-refractivity contribution in [1.29, 1.82) is 0 Å². The second-order valence-electron chi connectivity index (χ2n) is 7.23. The van der Waals surface area contributed by atoms with Gasteiger partial charge in [0.2, 0.25) is 5.91 Å². The van der Waals surface area contributed by atoms with Gasteiger partial charge in [-0.25, -0.2) is 0 Å². The highest BCUT2D eigenvalue weighted by Gasteiger charge is 2.39. The van der Waals surface area contributed by atoms with Crippen molar-refractivity contribution in [3.8, 4) is 5.75 Å². The number of rotatable bonds is 6. The molecule has 2 aromatic rings. The SMILES string of the molecule is O=C(CN1CCC2(CC1)OCCO2)Nc1ccc(OCc2ccccc2)cc1. The van der Waals surface area contributed by atoms with Crippen molar-refractivity contribution in [2.45, 2.75) is 25.2 Å². The lowest BCUT2D eigenvalue weighted by Crippen LogP contribution is -2.47. The van der Waals surface area contributed by atoms with Gasteiger partial charge in [0.05, 0.1) is 19.8 Å². The van der Waals surface area contributed by atoms with Gasteiger partial charge < -0.3 is 19.5 Å². The minimum absolute atomic E-state index is 0.0119. The number of amides is 1. The van der Waals surface area contributed by atoms with Crippen LogP contribution in [-0.4, -0.2) is 49.4 Å². The molecule has 0 bridgehead atoms. The third kappa shape index (κ3) is 4.90. The number of likely N-dealkylation sites (tertiary alicyclic amines) is 1. The molecular formula is C22H26N2O4. The summed E-state index contributed by atoms with van der Waals surface area (Å²) in [6.45, 7) is 3.86. The van der Waals surface area contributed by atoms with E-state index in [9.17, 15) is 4.79 Å². The molecule has 2 aliphatic heterocycles. The predicted molar refractivity (Wildman–Crippen MR) is 106 cm³/mol. The van der Waals surface area contributed by atoms with Gasteiger partial charge in [-0.05, 0) is 29.8 Å². The molecule has 2 fully saturated rings. The maximum Gasteiger partial charge on any atom is 0.238 e. The summed E-state index contributed by atoms with van der Waals surface area (Å²) in [5.74, 6) is 0.365. The number of hydrogen-bond acceptors (Lipinski definition) is 5. The predicted octanol–water partition coefficient (Wildman–Crippen LogP) is 3.04. The van der Waals surface area contributed by atoms with Crippen molar-refractivity contribution in [2.24, 2.45) is 0 Å². The molecule has 2 heterocycles. The van der Waals surface area contributed by atoms with E-state index in [1.54, 1.807) is 0 Å². The van der Waals surface area contributed by atoms with Gasteiger partial charge in [0.15, 0.2) is 5.79 Å². The van der Waals surface area contributed by atoms with E-state index in [0.717, 1.165) is 42.9 Å². The van der Waals surface area contributed by atoms with Crippen LogP contribution >= 0.6 is 0 Å². The molecule has 148 valence electrons. The first-order valence-corrected chi connectivity index (χ1v) is 9.78. The third-order valence-electron chi connectivity index (χ3n) is 5.19. The van der Waals surface area contributed by atoms with E-state index in [1.807, 2.05) is 54.6 Å². The third-order valence-corrected chi connectivity index (χ3v) is 5.19. The van der Waals surface area contributed by atoms with E-state index >= 15 is 0 Å². The number of nitrogens with one attached hydrogen (secondary N) is 1. The van der Waals surface area contributed by atoms with Crippen LogP contribution in [0.4, 0.5) is 5.69 Å². The lowest BCUT2D eigenvalue weighted by Gasteiger charge is -2.37. The molecule has 1 spiro atoms. The number of carbonyl (C=O) groups excluding carboxylic acids is 1. The molecule has 4 rings (SSSR count). The Labute approximate surface area is 165 Å². The van der Waals surface area contributed by atoms with Crippen LogP contribution in [0.1, 0.15) is 18.4 Å². The minimum atomic E-state index is -0.400. The van der Waals surface area contributed by atoms with Gasteiger partial charge in [-0.15, -0.1) is 0 Å². The molecule has 0 radical (unpaired) electrons. The van der Waals surface area contributed by atoms with Gasteiger partial charge in [0.1, 0.15) is 12.4 Å². The van der Waals surface area contributed by atoms with Crippen LogP contribution in [0.5, 0.6) is 5.75 Å². The highest BCUT2D eigenvalue weighted by atomic mass is 16.7. The van der Waals surface area contributed by atoms with Crippen LogP contribution in [0.15, 0.2) is 54.6 Å². The smallest absolute Gasteiger partial charge is 0.238 e. The molecule has 6 heteroatoms. The van der Waals surface area contributed by atoms with E-state index in [4.69, 9.17) is 14.2 Å². The summed E-state index contributed by atoms with van der Waals surface area (Å²) in [4.78, 5) is 14.5. The van der Waals surface area contributed by atoms with Gasteiger partial charge in [-0.3, -0.25) is 9.69 Å². The Bertz CT molecular complexity index is 763. The minimum Gasteiger partial charge on any atom is -0.489 e. The topological polar surface area (TPSA) is 60.0 Å². The number of hydrogen-bond donors (Lipinski definition) is 1. The number of carbonyl (C=O) groups is 1. The number of piperidine rings is 1. The molecule has 28 heavy (non-hydrogen) atoms. The summed E-state index contributed by atoms with van der Waals surface area (Å²) in [6, 6.07) is 17.5. The zero-order valence-corrected chi connectivity index (χ0v) is 15.9. The highest BCUT2D eigenvalue weighted by Crippen LogP contribution is 2.31. The number of benzene rings is 2. The first-order chi connectivity index (χ1) is 13.7. The molecular weight excluding hydrogens is 356 g/mol. The van der Waals surface area contributed by atoms with Crippen LogP contribution in [-0.2, 0) is 20.9 Å².